The van der Waals surface area contributed by atoms with Gasteiger partial charge in [0.25, 0.3) is 5.91 Å². The van der Waals surface area contributed by atoms with Gasteiger partial charge in [0.2, 0.25) is 5.91 Å². The van der Waals surface area contributed by atoms with Crippen LogP contribution in [-0.4, -0.2) is 60.9 Å². The predicted octanol–water partition coefficient (Wildman–Crippen LogP) is 3.72. The lowest BCUT2D eigenvalue weighted by Crippen LogP contribution is -2.39. The molecule has 4 rings (SSSR count). The second-order valence-corrected chi connectivity index (χ2v) is 9.28. The SMILES string of the molecule is COc1ccc(C(=O)N2CCC(CCC(=O)NC3CCN(Cc4ccccc4)C3)CC2)cc1. The summed E-state index contributed by atoms with van der Waals surface area (Å²) in [5.74, 6) is 1.51. The summed E-state index contributed by atoms with van der Waals surface area (Å²) >= 11 is 0. The second-order valence-electron chi connectivity index (χ2n) is 9.28. The molecule has 6 heteroatoms. The summed E-state index contributed by atoms with van der Waals surface area (Å²) < 4.78 is 5.17. The van der Waals surface area contributed by atoms with Crippen LogP contribution in [0.4, 0.5) is 0 Å². The Morgan fingerprint density at radius 2 is 1.70 bits per heavy atom. The van der Waals surface area contributed by atoms with Crippen molar-refractivity contribution in [1.82, 2.24) is 15.1 Å². The molecule has 33 heavy (non-hydrogen) atoms. The van der Waals surface area contributed by atoms with Crippen molar-refractivity contribution in [3.63, 3.8) is 0 Å². The summed E-state index contributed by atoms with van der Waals surface area (Å²) in [6.07, 6.45) is 4.42. The van der Waals surface area contributed by atoms with Crippen molar-refractivity contribution in [1.29, 1.82) is 0 Å². The predicted molar refractivity (Wildman–Crippen MR) is 129 cm³/mol. The van der Waals surface area contributed by atoms with Crippen molar-refractivity contribution in [2.24, 2.45) is 5.92 Å². The molecule has 0 bridgehead atoms. The number of carbonyl (C=O) groups is 2. The first-order valence-corrected chi connectivity index (χ1v) is 12.1. The Kier molecular flexibility index (Phi) is 8.00. The number of piperidine rings is 1. The number of hydrogen-bond donors (Lipinski definition) is 1. The number of benzene rings is 2. The van der Waals surface area contributed by atoms with Crippen molar-refractivity contribution in [2.45, 2.75) is 44.7 Å². The van der Waals surface area contributed by atoms with Gasteiger partial charge in [-0.1, -0.05) is 30.3 Å². The molecule has 2 amide bonds. The van der Waals surface area contributed by atoms with Crippen LogP contribution in [0.5, 0.6) is 5.75 Å². The van der Waals surface area contributed by atoms with Crippen molar-refractivity contribution in [3.8, 4) is 5.75 Å². The molecule has 0 saturated carbocycles. The number of methoxy groups -OCH3 is 1. The molecular formula is C27H35N3O3. The fraction of sp³-hybridized carbons (Fsp3) is 0.481. The summed E-state index contributed by atoms with van der Waals surface area (Å²) in [5.41, 5.74) is 2.02. The number of likely N-dealkylation sites (tertiary alicyclic amines) is 2. The van der Waals surface area contributed by atoms with Gasteiger partial charge in [0.1, 0.15) is 5.75 Å². The lowest BCUT2D eigenvalue weighted by molar-refractivity contribution is -0.122. The van der Waals surface area contributed by atoms with E-state index in [2.05, 4.69) is 34.5 Å². The van der Waals surface area contributed by atoms with Gasteiger partial charge >= 0.3 is 0 Å². The number of amides is 2. The van der Waals surface area contributed by atoms with Gasteiger partial charge in [0, 0.05) is 50.7 Å². The van der Waals surface area contributed by atoms with Crippen LogP contribution in [0.3, 0.4) is 0 Å². The van der Waals surface area contributed by atoms with E-state index < -0.39 is 0 Å². The van der Waals surface area contributed by atoms with Crippen LogP contribution >= 0.6 is 0 Å². The Morgan fingerprint density at radius 3 is 2.39 bits per heavy atom. The van der Waals surface area contributed by atoms with E-state index in [9.17, 15) is 9.59 Å². The number of carbonyl (C=O) groups excluding carboxylic acids is 2. The lowest BCUT2D eigenvalue weighted by atomic mass is 9.91. The topological polar surface area (TPSA) is 61.9 Å². The monoisotopic (exact) mass is 449 g/mol. The van der Waals surface area contributed by atoms with E-state index in [1.165, 1.54) is 5.56 Å². The molecular weight excluding hydrogens is 414 g/mol. The van der Waals surface area contributed by atoms with E-state index in [0.717, 1.165) is 64.2 Å². The van der Waals surface area contributed by atoms with Crippen LogP contribution in [0.25, 0.3) is 0 Å². The fourth-order valence-corrected chi connectivity index (χ4v) is 4.91. The largest absolute Gasteiger partial charge is 0.497 e. The molecule has 0 aliphatic carbocycles. The Labute approximate surface area is 196 Å². The zero-order valence-corrected chi connectivity index (χ0v) is 19.5. The molecule has 0 spiro atoms. The normalized spacial score (nSPS) is 19.4. The highest BCUT2D eigenvalue weighted by atomic mass is 16.5. The number of hydrogen-bond acceptors (Lipinski definition) is 4. The maximum atomic E-state index is 12.7. The fourth-order valence-electron chi connectivity index (χ4n) is 4.91. The van der Waals surface area contributed by atoms with Crippen LogP contribution in [0.2, 0.25) is 0 Å². The van der Waals surface area contributed by atoms with Gasteiger partial charge in [-0.05, 0) is 61.4 Å². The number of nitrogens with zero attached hydrogens (tertiary/aromatic N) is 2. The van der Waals surface area contributed by atoms with Crippen LogP contribution in [0, 0.1) is 5.92 Å². The third-order valence-electron chi connectivity index (χ3n) is 6.90. The molecule has 1 unspecified atom stereocenters. The van der Waals surface area contributed by atoms with Gasteiger partial charge < -0.3 is 15.0 Å². The molecule has 0 aromatic heterocycles. The maximum Gasteiger partial charge on any atom is 0.253 e. The van der Waals surface area contributed by atoms with Crippen molar-refractivity contribution < 1.29 is 14.3 Å². The molecule has 2 aliphatic heterocycles. The van der Waals surface area contributed by atoms with Gasteiger partial charge in [0.05, 0.1) is 7.11 Å². The minimum absolute atomic E-state index is 0.0788. The molecule has 0 radical (unpaired) electrons. The zero-order chi connectivity index (χ0) is 23.0. The molecule has 6 nitrogen and oxygen atoms in total. The van der Waals surface area contributed by atoms with Crippen LogP contribution < -0.4 is 10.1 Å². The lowest BCUT2D eigenvalue weighted by Gasteiger charge is -2.32. The molecule has 2 aliphatic rings. The van der Waals surface area contributed by atoms with E-state index >= 15 is 0 Å². The van der Waals surface area contributed by atoms with Gasteiger partial charge in [-0.2, -0.15) is 0 Å². The minimum Gasteiger partial charge on any atom is -0.497 e. The van der Waals surface area contributed by atoms with E-state index in [-0.39, 0.29) is 17.9 Å². The first kappa shape index (κ1) is 23.3. The smallest absolute Gasteiger partial charge is 0.253 e. The first-order valence-electron chi connectivity index (χ1n) is 12.1. The third kappa shape index (κ3) is 6.57. The average Bonchev–Trinajstić information content (AvgIpc) is 3.29. The highest BCUT2D eigenvalue weighted by Gasteiger charge is 2.26. The Bertz CT molecular complexity index is 908. The molecule has 2 aromatic rings. The standard InChI is InChI=1S/C27H35N3O3/c1-33-25-10-8-23(9-11-25)27(32)30-17-13-21(14-18-30)7-12-26(31)28-24-15-16-29(20-24)19-22-5-3-2-4-6-22/h2-6,8-11,21,24H,7,12-20H2,1H3,(H,28,31). The summed E-state index contributed by atoms with van der Waals surface area (Å²) in [6.45, 7) is 4.41. The van der Waals surface area contributed by atoms with Gasteiger partial charge in [-0.3, -0.25) is 14.5 Å². The molecule has 2 heterocycles. The summed E-state index contributed by atoms with van der Waals surface area (Å²) in [5, 5.41) is 3.24. The van der Waals surface area contributed by atoms with Crippen molar-refractivity contribution in [3.05, 3.63) is 65.7 Å². The molecule has 2 fully saturated rings. The molecule has 2 aromatic carbocycles. The summed E-state index contributed by atoms with van der Waals surface area (Å²) in [7, 11) is 1.62. The summed E-state index contributed by atoms with van der Waals surface area (Å²) in [4.78, 5) is 29.6. The molecule has 1 N–H and O–H groups in total. The van der Waals surface area contributed by atoms with Crippen LogP contribution in [-0.2, 0) is 11.3 Å². The van der Waals surface area contributed by atoms with E-state index in [1.807, 2.05) is 35.2 Å². The number of nitrogens with one attached hydrogen (secondary N) is 1. The number of ether oxygens (including phenoxy) is 1. The second kappa shape index (κ2) is 11.3. The zero-order valence-electron chi connectivity index (χ0n) is 19.5. The molecule has 1 atom stereocenters. The van der Waals surface area contributed by atoms with Crippen molar-refractivity contribution >= 4 is 11.8 Å². The van der Waals surface area contributed by atoms with Crippen molar-refractivity contribution in [2.75, 3.05) is 33.3 Å². The van der Waals surface area contributed by atoms with Crippen LogP contribution in [0.15, 0.2) is 54.6 Å². The van der Waals surface area contributed by atoms with E-state index in [0.29, 0.717) is 17.9 Å². The third-order valence-corrected chi connectivity index (χ3v) is 6.90. The minimum atomic E-state index is 0.0788. The van der Waals surface area contributed by atoms with Crippen LogP contribution in [0.1, 0.15) is 48.0 Å². The molecule has 176 valence electrons. The van der Waals surface area contributed by atoms with E-state index in [1.54, 1.807) is 7.11 Å². The van der Waals surface area contributed by atoms with Gasteiger partial charge in [0.15, 0.2) is 0 Å². The Hall–Kier alpha value is -2.86. The Balaban J connectivity index is 1.13. The highest BCUT2D eigenvalue weighted by molar-refractivity contribution is 5.94. The quantitative estimate of drug-likeness (QED) is 0.667. The van der Waals surface area contributed by atoms with Gasteiger partial charge in [-0.15, -0.1) is 0 Å². The highest BCUT2D eigenvalue weighted by Crippen LogP contribution is 2.24. The first-order chi connectivity index (χ1) is 16.1. The number of rotatable bonds is 8. The van der Waals surface area contributed by atoms with Gasteiger partial charge in [-0.25, -0.2) is 0 Å². The molecule has 2 saturated heterocycles. The summed E-state index contributed by atoms with van der Waals surface area (Å²) in [6, 6.07) is 18.0. The van der Waals surface area contributed by atoms with E-state index in [4.69, 9.17) is 4.74 Å². The maximum absolute atomic E-state index is 12.7. The Morgan fingerprint density at radius 1 is 0.970 bits per heavy atom. The average molecular weight is 450 g/mol.